The van der Waals surface area contributed by atoms with Crippen LogP contribution in [0.5, 0.6) is 0 Å². The van der Waals surface area contributed by atoms with Crippen LogP contribution in [0, 0.1) is 5.82 Å². The standard InChI is InChI=1S/C18H17FN2O4/c19-14-8-4-7-13(9-14)18(24)21-15(17(20)23)10-16(22)25-11-12-5-2-1-3-6-12/h1-9,15H,10-11H2,(H2,20,23)(H,21,24)/t15-/m0/s1. The molecule has 130 valence electrons. The molecule has 2 aromatic carbocycles. The summed E-state index contributed by atoms with van der Waals surface area (Å²) in [5.74, 6) is -2.88. The Morgan fingerprint density at radius 1 is 1.08 bits per heavy atom. The van der Waals surface area contributed by atoms with Crippen LogP contribution < -0.4 is 11.1 Å². The fourth-order valence-corrected chi connectivity index (χ4v) is 2.06. The summed E-state index contributed by atoms with van der Waals surface area (Å²) in [6.07, 6.45) is -0.413. The number of hydrogen-bond acceptors (Lipinski definition) is 4. The zero-order valence-corrected chi connectivity index (χ0v) is 13.3. The van der Waals surface area contributed by atoms with Crippen molar-refractivity contribution in [2.24, 2.45) is 5.73 Å². The highest BCUT2D eigenvalue weighted by atomic mass is 19.1. The highest BCUT2D eigenvalue weighted by Crippen LogP contribution is 2.06. The third-order valence-electron chi connectivity index (χ3n) is 3.35. The molecular formula is C18H17FN2O4. The van der Waals surface area contributed by atoms with Crippen LogP contribution in [0.3, 0.4) is 0 Å². The van der Waals surface area contributed by atoms with Crippen LogP contribution >= 0.6 is 0 Å². The van der Waals surface area contributed by atoms with Gasteiger partial charge in [-0.3, -0.25) is 14.4 Å². The zero-order valence-electron chi connectivity index (χ0n) is 13.3. The van der Waals surface area contributed by atoms with E-state index in [1.54, 1.807) is 24.3 Å². The number of hydrogen-bond donors (Lipinski definition) is 2. The third-order valence-corrected chi connectivity index (χ3v) is 3.35. The van der Waals surface area contributed by atoms with Crippen LogP contribution in [0.1, 0.15) is 22.3 Å². The minimum atomic E-state index is -1.25. The number of esters is 1. The molecule has 0 aliphatic rings. The molecule has 0 aromatic heterocycles. The number of halogens is 1. The molecular weight excluding hydrogens is 327 g/mol. The molecule has 0 spiro atoms. The van der Waals surface area contributed by atoms with Gasteiger partial charge in [0.1, 0.15) is 18.5 Å². The molecule has 1 atom stereocenters. The van der Waals surface area contributed by atoms with Gasteiger partial charge in [-0.05, 0) is 23.8 Å². The molecule has 0 bridgehead atoms. The summed E-state index contributed by atoms with van der Waals surface area (Å²) in [7, 11) is 0. The Morgan fingerprint density at radius 3 is 2.44 bits per heavy atom. The van der Waals surface area contributed by atoms with Gasteiger partial charge in [0.15, 0.2) is 0 Å². The molecule has 7 heteroatoms. The van der Waals surface area contributed by atoms with Crippen LogP contribution in [-0.2, 0) is 20.9 Å². The summed E-state index contributed by atoms with van der Waals surface area (Å²) < 4.78 is 18.2. The third kappa shape index (κ3) is 5.72. The molecule has 0 aliphatic heterocycles. The van der Waals surface area contributed by atoms with E-state index < -0.39 is 36.1 Å². The van der Waals surface area contributed by atoms with E-state index in [-0.39, 0.29) is 12.2 Å². The molecule has 25 heavy (non-hydrogen) atoms. The van der Waals surface area contributed by atoms with E-state index in [9.17, 15) is 18.8 Å². The van der Waals surface area contributed by atoms with Gasteiger partial charge >= 0.3 is 5.97 Å². The highest BCUT2D eigenvalue weighted by molar-refractivity contribution is 5.98. The number of benzene rings is 2. The van der Waals surface area contributed by atoms with E-state index >= 15 is 0 Å². The summed E-state index contributed by atoms with van der Waals surface area (Å²) >= 11 is 0. The number of nitrogens with one attached hydrogen (secondary N) is 1. The molecule has 3 N–H and O–H groups in total. The number of carbonyl (C=O) groups excluding carboxylic acids is 3. The topological polar surface area (TPSA) is 98.5 Å². The molecule has 0 heterocycles. The maximum atomic E-state index is 13.1. The Labute approximate surface area is 143 Å². The summed E-state index contributed by atoms with van der Waals surface area (Å²) in [5, 5.41) is 2.31. The van der Waals surface area contributed by atoms with Crippen molar-refractivity contribution in [3.63, 3.8) is 0 Å². The first-order valence-electron chi connectivity index (χ1n) is 7.51. The predicted molar refractivity (Wildman–Crippen MR) is 87.7 cm³/mol. The van der Waals surface area contributed by atoms with E-state index in [1.807, 2.05) is 6.07 Å². The Morgan fingerprint density at radius 2 is 1.80 bits per heavy atom. The minimum Gasteiger partial charge on any atom is -0.461 e. The number of rotatable bonds is 7. The number of ether oxygens (including phenoxy) is 1. The monoisotopic (exact) mass is 344 g/mol. The van der Waals surface area contributed by atoms with E-state index in [2.05, 4.69) is 5.32 Å². The van der Waals surface area contributed by atoms with Crippen molar-refractivity contribution in [2.45, 2.75) is 19.1 Å². The second-order valence-corrected chi connectivity index (χ2v) is 5.29. The average Bonchev–Trinajstić information content (AvgIpc) is 2.60. The molecule has 0 unspecified atom stereocenters. The van der Waals surface area contributed by atoms with Crippen molar-refractivity contribution < 1.29 is 23.5 Å². The van der Waals surface area contributed by atoms with Gasteiger partial charge in [0.25, 0.3) is 5.91 Å². The van der Waals surface area contributed by atoms with Crippen molar-refractivity contribution >= 4 is 17.8 Å². The van der Waals surface area contributed by atoms with Gasteiger partial charge in [0.05, 0.1) is 6.42 Å². The first kappa shape index (κ1) is 18.1. The summed E-state index contributed by atoms with van der Waals surface area (Å²) in [6.45, 7) is 0.0446. The Balaban J connectivity index is 1.92. The van der Waals surface area contributed by atoms with Crippen LogP contribution in [-0.4, -0.2) is 23.8 Å². The van der Waals surface area contributed by atoms with Gasteiger partial charge in [0, 0.05) is 5.56 Å². The number of primary amides is 1. The van der Waals surface area contributed by atoms with Crippen LogP contribution in [0.4, 0.5) is 4.39 Å². The maximum absolute atomic E-state index is 13.1. The average molecular weight is 344 g/mol. The number of nitrogens with two attached hydrogens (primary N) is 1. The van der Waals surface area contributed by atoms with Crippen molar-refractivity contribution in [2.75, 3.05) is 0 Å². The quantitative estimate of drug-likeness (QED) is 0.744. The molecule has 2 rings (SSSR count). The van der Waals surface area contributed by atoms with Gasteiger partial charge < -0.3 is 15.8 Å². The normalized spacial score (nSPS) is 11.4. The van der Waals surface area contributed by atoms with Crippen molar-refractivity contribution in [1.82, 2.24) is 5.32 Å². The van der Waals surface area contributed by atoms with Gasteiger partial charge in [0.2, 0.25) is 5.91 Å². The van der Waals surface area contributed by atoms with Gasteiger partial charge in [-0.15, -0.1) is 0 Å². The Bertz CT molecular complexity index is 765. The minimum absolute atomic E-state index is 0.0175. The van der Waals surface area contributed by atoms with Crippen molar-refractivity contribution in [1.29, 1.82) is 0 Å². The fraction of sp³-hybridized carbons (Fsp3) is 0.167. The summed E-state index contributed by atoms with van der Waals surface area (Å²) in [6, 6.07) is 12.7. The second kappa shape index (κ2) is 8.58. The second-order valence-electron chi connectivity index (χ2n) is 5.29. The van der Waals surface area contributed by atoms with E-state index in [4.69, 9.17) is 10.5 Å². The van der Waals surface area contributed by atoms with Crippen LogP contribution in [0.2, 0.25) is 0 Å². The SMILES string of the molecule is NC(=O)[C@H](CC(=O)OCc1ccccc1)NC(=O)c1cccc(F)c1. The van der Waals surface area contributed by atoms with Gasteiger partial charge in [-0.2, -0.15) is 0 Å². The first-order valence-corrected chi connectivity index (χ1v) is 7.51. The molecule has 0 saturated carbocycles. The Hall–Kier alpha value is -3.22. The molecule has 0 radical (unpaired) electrons. The van der Waals surface area contributed by atoms with E-state index in [1.165, 1.54) is 18.2 Å². The smallest absolute Gasteiger partial charge is 0.308 e. The lowest BCUT2D eigenvalue weighted by Crippen LogP contribution is -2.45. The molecule has 0 fully saturated rings. The van der Waals surface area contributed by atoms with Gasteiger partial charge in [-0.1, -0.05) is 36.4 Å². The number of carbonyl (C=O) groups is 3. The summed E-state index contributed by atoms with van der Waals surface area (Å²) in [4.78, 5) is 35.4. The Kier molecular flexibility index (Phi) is 6.22. The fourth-order valence-electron chi connectivity index (χ4n) is 2.06. The largest absolute Gasteiger partial charge is 0.461 e. The zero-order chi connectivity index (χ0) is 18.2. The van der Waals surface area contributed by atoms with Crippen molar-refractivity contribution in [3.8, 4) is 0 Å². The molecule has 0 aliphatic carbocycles. The van der Waals surface area contributed by atoms with E-state index in [0.717, 1.165) is 11.6 Å². The van der Waals surface area contributed by atoms with E-state index in [0.29, 0.717) is 0 Å². The van der Waals surface area contributed by atoms with Crippen molar-refractivity contribution in [3.05, 3.63) is 71.5 Å². The highest BCUT2D eigenvalue weighted by Gasteiger charge is 2.23. The maximum Gasteiger partial charge on any atom is 0.308 e. The predicted octanol–water partition coefficient (Wildman–Crippen LogP) is 1.54. The molecule has 2 aromatic rings. The lowest BCUT2D eigenvalue weighted by Gasteiger charge is -2.15. The van der Waals surface area contributed by atoms with Crippen LogP contribution in [0.15, 0.2) is 54.6 Å². The summed E-state index contributed by atoms with van der Waals surface area (Å²) in [5.41, 5.74) is 6.02. The molecule has 6 nitrogen and oxygen atoms in total. The molecule has 0 saturated heterocycles. The van der Waals surface area contributed by atoms with Crippen LogP contribution in [0.25, 0.3) is 0 Å². The lowest BCUT2D eigenvalue weighted by atomic mass is 10.1. The molecule has 2 amide bonds. The number of amides is 2. The first-order chi connectivity index (χ1) is 12.0. The lowest BCUT2D eigenvalue weighted by molar-refractivity contribution is -0.146. The van der Waals surface area contributed by atoms with Gasteiger partial charge in [-0.25, -0.2) is 4.39 Å².